The molecule has 1 N–H and O–H groups in total. The summed E-state index contributed by atoms with van der Waals surface area (Å²) in [5.74, 6) is 2.05. The molecule has 4 unspecified atom stereocenters. The summed E-state index contributed by atoms with van der Waals surface area (Å²) in [6, 6.07) is 2.33. The number of nitrogens with zero attached hydrogens (tertiary/aromatic N) is 1. The van der Waals surface area contributed by atoms with Crippen LogP contribution >= 0.6 is 11.8 Å². The molecule has 2 aliphatic rings. The van der Waals surface area contributed by atoms with Gasteiger partial charge in [0.25, 0.3) is 0 Å². The molecule has 3 heteroatoms. The molecule has 0 aromatic rings. The van der Waals surface area contributed by atoms with E-state index in [4.69, 9.17) is 0 Å². The van der Waals surface area contributed by atoms with Crippen molar-refractivity contribution >= 4 is 11.8 Å². The van der Waals surface area contributed by atoms with Crippen LogP contribution in [0.3, 0.4) is 0 Å². The highest BCUT2D eigenvalue weighted by atomic mass is 32.2. The van der Waals surface area contributed by atoms with Crippen molar-refractivity contribution in [2.45, 2.75) is 83.2 Å². The van der Waals surface area contributed by atoms with Gasteiger partial charge in [0.15, 0.2) is 0 Å². The average Bonchev–Trinajstić information content (AvgIpc) is 2.88. The van der Waals surface area contributed by atoms with Gasteiger partial charge in [-0.2, -0.15) is 11.8 Å². The smallest absolute Gasteiger partial charge is 0.0247 e. The summed E-state index contributed by atoms with van der Waals surface area (Å²) in [6.45, 7) is 11.9. The quantitative estimate of drug-likeness (QED) is 0.804. The number of piperazine rings is 1. The van der Waals surface area contributed by atoms with Gasteiger partial charge in [-0.15, -0.1) is 0 Å². The van der Waals surface area contributed by atoms with Crippen LogP contribution in [0.5, 0.6) is 0 Å². The molecule has 1 aliphatic heterocycles. The normalized spacial score (nSPS) is 35.9. The minimum Gasteiger partial charge on any atom is -0.311 e. The van der Waals surface area contributed by atoms with E-state index in [0.717, 1.165) is 29.3 Å². The van der Waals surface area contributed by atoms with Gasteiger partial charge in [-0.25, -0.2) is 0 Å². The largest absolute Gasteiger partial charge is 0.311 e. The van der Waals surface area contributed by atoms with E-state index >= 15 is 0 Å². The van der Waals surface area contributed by atoms with E-state index < -0.39 is 0 Å². The Labute approximate surface area is 130 Å². The molecule has 2 rings (SSSR count). The lowest BCUT2D eigenvalue weighted by molar-refractivity contribution is 0.0559. The molecule has 0 aromatic heterocycles. The zero-order valence-corrected chi connectivity index (χ0v) is 14.7. The highest BCUT2D eigenvalue weighted by molar-refractivity contribution is 7.99. The van der Waals surface area contributed by atoms with E-state index in [1.807, 2.05) is 0 Å². The molecule has 2 nitrogen and oxygen atoms in total. The van der Waals surface area contributed by atoms with Gasteiger partial charge in [-0.3, -0.25) is 4.90 Å². The van der Waals surface area contributed by atoms with Crippen molar-refractivity contribution in [1.82, 2.24) is 10.2 Å². The molecular formula is C17H34N2S. The predicted octanol–water partition coefficient (Wildman–Crippen LogP) is 3.76. The molecule has 20 heavy (non-hydrogen) atoms. The summed E-state index contributed by atoms with van der Waals surface area (Å²) in [5.41, 5.74) is 0. The van der Waals surface area contributed by atoms with Crippen molar-refractivity contribution in [2.24, 2.45) is 5.92 Å². The van der Waals surface area contributed by atoms with Gasteiger partial charge in [0.05, 0.1) is 0 Å². The van der Waals surface area contributed by atoms with Gasteiger partial charge in [0, 0.05) is 36.5 Å². The fourth-order valence-corrected chi connectivity index (χ4v) is 5.18. The minimum atomic E-state index is 0.730. The van der Waals surface area contributed by atoms with Crippen LogP contribution in [0.15, 0.2) is 0 Å². The maximum atomic E-state index is 3.79. The minimum absolute atomic E-state index is 0.730. The molecule has 0 spiro atoms. The Kier molecular flexibility index (Phi) is 6.70. The van der Waals surface area contributed by atoms with Crippen molar-refractivity contribution in [3.05, 3.63) is 0 Å². The van der Waals surface area contributed by atoms with Crippen LogP contribution in [0.1, 0.15) is 59.8 Å². The highest BCUT2D eigenvalue weighted by Gasteiger charge is 2.37. The second-order valence-electron chi connectivity index (χ2n) is 6.95. The lowest BCUT2D eigenvalue weighted by atomic mass is 9.94. The van der Waals surface area contributed by atoms with Crippen molar-refractivity contribution in [2.75, 3.05) is 18.8 Å². The first-order valence-corrected chi connectivity index (χ1v) is 9.81. The predicted molar refractivity (Wildman–Crippen MR) is 91.6 cm³/mol. The van der Waals surface area contributed by atoms with Gasteiger partial charge in [-0.1, -0.05) is 34.1 Å². The molecule has 0 aromatic carbocycles. The van der Waals surface area contributed by atoms with Gasteiger partial charge in [-0.05, 0) is 37.4 Å². The van der Waals surface area contributed by atoms with Crippen LogP contribution in [0.4, 0.5) is 0 Å². The first-order valence-electron chi connectivity index (χ1n) is 8.76. The number of nitrogens with one attached hydrogen (secondary N) is 1. The highest BCUT2D eigenvalue weighted by Crippen LogP contribution is 2.35. The van der Waals surface area contributed by atoms with Crippen molar-refractivity contribution in [3.8, 4) is 0 Å². The molecule has 0 bridgehead atoms. The average molecular weight is 299 g/mol. The van der Waals surface area contributed by atoms with E-state index in [2.05, 4.69) is 49.7 Å². The Balaban J connectivity index is 1.96. The zero-order chi connectivity index (χ0) is 14.5. The van der Waals surface area contributed by atoms with Crippen LogP contribution in [0.2, 0.25) is 0 Å². The maximum Gasteiger partial charge on any atom is 0.0247 e. The summed E-state index contributed by atoms with van der Waals surface area (Å²) in [7, 11) is 0. The topological polar surface area (TPSA) is 15.3 Å². The standard InChI is InChI=1S/C17H34N2S/c1-5-7-14-12-19(17(11-18-14)13(3)4)15-8-9-16(10-15)20-6-2/h13-18H,5-12H2,1-4H3. The lowest BCUT2D eigenvalue weighted by Gasteiger charge is -2.45. The van der Waals surface area contributed by atoms with E-state index in [1.165, 1.54) is 50.9 Å². The third-order valence-electron chi connectivity index (χ3n) is 5.11. The van der Waals surface area contributed by atoms with Gasteiger partial charge >= 0.3 is 0 Å². The SMILES string of the molecule is CCCC1CN(C2CCC(SCC)C2)C(C(C)C)CN1. The third kappa shape index (κ3) is 4.14. The Morgan fingerprint density at radius 2 is 2.05 bits per heavy atom. The van der Waals surface area contributed by atoms with Gasteiger partial charge in [0.1, 0.15) is 0 Å². The molecule has 118 valence electrons. The third-order valence-corrected chi connectivity index (χ3v) is 6.34. The van der Waals surface area contributed by atoms with Crippen molar-refractivity contribution < 1.29 is 0 Å². The van der Waals surface area contributed by atoms with Crippen LogP contribution in [0.25, 0.3) is 0 Å². The Morgan fingerprint density at radius 3 is 2.70 bits per heavy atom. The van der Waals surface area contributed by atoms with E-state index in [0.29, 0.717) is 0 Å². The number of thioether (sulfide) groups is 1. The fourth-order valence-electron chi connectivity index (χ4n) is 4.05. The molecule has 0 amide bonds. The van der Waals surface area contributed by atoms with Crippen LogP contribution in [0, 0.1) is 5.92 Å². The summed E-state index contributed by atoms with van der Waals surface area (Å²) < 4.78 is 0. The van der Waals surface area contributed by atoms with Crippen molar-refractivity contribution in [3.63, 3.8) is 0 Å². The second-order valence-corrected chi connectivity index (χ2v) is 8.52. The number of hydrogen-bond donors (Lipinski definition) is 1. The fraction of sp³-hybridized carbons (Fsp3) is 1.00. The monoisotopic (exact) mass is 298 g/mol. The van der Waals surface area contributed by atoms with E-state index in [1.54, 1.807) is 0 Å². The van der Waals surface area contributed by atoms with Crippen LogP contribution in [-0.2, 0) is 0 Å². The molecule has 1 saturated heterocycles. The Hall–Kier alpha value is 0.270. The maximum absolute atomic E-state index is 3.79. The van der Waals surface area contributed by atoms with Gasteiger partial charge < -0.3 is 5.32 Å². The zero-order valence-electron chi connectivity index (χ0n) is 13.9. The molecular weight excluding hydrogens is 264 g/mol. The molecule has 0 radical (unpaired) electrons. The number of rotatable bonds is 6. The van der Waals surface area contributed by atoms with Crippen LogP contribution < -0.4 is 5.32 Å². The van der Waals surface area contributed by atoms with Gasteiger partial charge in [0.2, 0.25) is 0 Å². The molecule has 1 saturated carbocycles. The summed E-state index contributed by atoms with van der Waals surface area (Å²) in [6.07, 6.45) is 6.94. The lowest BCUT2D eigenvalue weighted by Crippen LogP contribution is -2.60. The summed E-state index contributed by atoms with van der Waals surface area (Å²) >= 11 is 2.19. The first kappa shape index (κ1) is 16.6. The molecule has 1 aliphatic carbocycles. The number of hydrogen-bond acceptors (Lipinski definition) is 3. The van der Waals surface area contributed by atoms with E-state index in [-0.39, 0.29) is 0 Å². The van der Waals surface area contributed by atoms with Crippen LogP contribution in [-0.4, -0.2) is 47.1 Å². The van der Waals surface area contributed by atoms with E-state index in [9.17, 15) is 0 Å². The Bertz CT molecular complexity index is 282. The van der Waals surface area contributed by atoms with Crippen molar-refractivity contribution in [1.29, 1.82) is 0 Å². The summed E-state index contributed by atoms with van der Waals surface area (Å²) in [5, 5.41) is 4.72. The molecule has 1 heterocycles. The molecule has 4 atom stereocenters. The first-order chi connectivity index (χ1) is 9.65. The Morgan fingerprint density at radius 1 is 1.25 bits per heavy atom. The second kappa shape index (κ2) is 8.05. The molecule has 2 fully saturated rings. The summed E-state index contributed by atoms with van der Waals surface area (Å²) in [4.78, 5) is 2.89.